The van der Waals surface area contributed by atoms with Crippen molar-refractivity contribution in [2.45, 2.75) is 46.2 Å². The number of carboxylic acids is 1. The van der Waals surface area contributed by atoms with Crippen LogP contribution in [0.2, 0.25) is 0 Å². The second-order valence-electron chi connectivity index (χ2n) is 9.31. The van der Waals surface area contributed by atoms with Crippen LogP contribution in [-0.4, -0.2) is 29.4 Å². The molecule has 37 heavy (non-hydrogen) atoms. The van der Waals surface area contributed by atoms with E-state index in [1.165, 1.54) is 42.5 Å². The zero-order chi connectivity index (χ0) is 27.5. The summed E-state index contributed by atoms with van der Waals surface area (Å²) in [5.41, 5.74) is -0.850. The van der Waals surface area contributed by atoms with Gasteiger partial charge in [0.05, 0.1) is 5.56 Å². The molecule has 2 N–H and O–H groups in total. The van der Waals surface area contributed by atoms with Crippen LogP contribution in [0.5, 0.6) is 11.5 Å². The van der Waals surface area contributed by atoms with E-state index >= 15 is 0 Å². The van der Waals surface area contributed by atoms with E-state index in [-0.39, 0.29) is 28.9 Å². The van der Waals surface area contributed by atoms with Gasteiger partial charge in [-0.25, -0.2) is 13.6 Å². The summed E-state index contributed by atoms with van der Waals surface area (Å²) in [6, 6.07) is 10.3. The molecule has 3 aromatic carbocycles. The van der Waals surface area contributed by atoms with E-state index in [2.05, 4.69) is 10.1 Å². The van der Waals surface area contributed by atoms with Crippen LogP contribution in [0.1, 0.15) is 48.7 Å². The first kappa shape index (κ1) is 27.7. The number of alkyl halides is 5. The molecule has 0 bridgehead atoms. The van der Waals surface area contributed by atoms with E-state index < -0.39 is 41.9 Å². The number of benzene rings is 3. The molecule has 0 aliphatic rings. The van der Waals surface area contributed by atoms with Crippen LogP contribution < -0.4 is 14.8 Å². The number of hydrogen-bond donors (Lipinski definition) is 2. The molecule has 0 aliphatic carbocycles. The normalized spacial score (nSPS) is 12.9. The number of rotatable bonds is 8. The molecule has 0 spiro atoms. The summed E-state index contributed by atoms with van der Waals surface area (Å²) in [7, 11) is 0. The maximum Gasteiger partial charge on any atom is 0.573 e. The molecule has 11 heteroatoms. The first-order chi connectivity index (χ1) is 17.2. The molecule has 0 radical (unpaired) electrons. The van der Waals surface area contributed by atoms with Crippen molar-refractivity contribution in [2.75, 3.05) is 0 Å². The minimum Gasteiger partial charge on any atom is -0.487 e. The molecular weight excluding hydrogens is 501 g/mol. The molecule has 3 aromatic rings. The number of carbonyl (C=O) groups excluding carboxylic acids is 1. The van der Waals surface area contributed by atoms with Crippen LogP contribution in [-0.2, 0) is 11.4 Å². The summed E-state index contributed by atoms with van der Waals surface area (Å²) in [5.74, 6) is -2.57. The number of ether oxygens (including phenoxy) is 2. The molecule has 0 saturated heterocycles. The van der Waals surface area contributed by atoms with Gasteiger partial charge in [0.2, 0.25) is 0 Å². The average molecular weight is 525 g/mol. The highest BCUT2D eigenvalue weighted by Crippen LogP contribution is 2.34. The molecular formula is C26H24F5NO5. The Bertz CT molecular complexity index is 1280. The van der Waals surface area contributed by atoms with E-state index in [9.17, 15) is 36.6 Å². The number of hydrogen-bond acceptors (Lipinski definition) is 4. The lowest BCUT2D eigenvalue weighted by atomic mass is 9.86. The van der Waals surface area contributed by atoms with Crippen LogP contribution in [0, 0.1) is 5.41 Å². The van der Waals surface area contributed by atoms with E-state index in [0.29, 0.717) is 10.9 Å². The number of carboxylic acid groups (broad SMARTS) is 1. The smallest absolute Gasteiger partial charge is 0.487 e. The Labute approximate surface area is 209 Å². The third-order valence-electron chi connectivity index (χ3n) is 5.42. The summed E-state index contributed by atoms with van der Waals surface area (Å²) in [6.45, 7) is 4.66. The lowest BCUT2D eigenvalue weighted by Gasteiger charge is -2.28. The van der Waals surface area contributed by atoms with Gasteiger partial charge in [-0.1, -0.05) is 51.1 Å². The number of carbonyl (C=O) groups is 2. The molecule has 1 atom stereocenters. The summed E-state index contributed by atoms with van der Waals surface area (Å²) >= 11 is 0. The number of fused-ring (bicyclic) bond motifs is 1. The van der Waals surface area contributed by atoms with Gasteiger partial charge in [0.1, 0.15) is 24.1 Å². The zero-order valence-corrected chi connectivity index (χ0v) is 20.0. The topological polar surface area (TPSA) is 84.9 Å². The largest absolute Gasteiger partial charge is 0.573 e. The molecule has 1 amide bonds. The quantitative estimate of drug-likeness (QED) is 0.329. The lowest BCUT2D eigenvalue weighted by Crippen LogP contribution is -2.49. The molecule has 0 aromatic heterocycles. The van der Waals surface area contributed by atoms with Gasteiger partial charge in [-0.2, -0.15) is 0 Å². The van der Waals surface area contributed by atoms with E-state index in [1.807, 2.05) is 0 Å². The first-order valence-electron chi connectivity index (χ1n) is 11.0. The Morgan fingerprint density at radius 3 is 2.14 bits per heavy atom. The second-order valence-corrected chi connectivity index (χ2v) is 9.31. The van der Waals surface area contributed by atoms with Crippen molar-refractivity contribution in [1.29, 1.82) is 0 Å². The van der Waals surface area contributed by atoms with Crippen LogP contribution in [0.15, 0.2) is 54.6 Å². The van der Waals surface area contributed by atoms with Gasteiger partial charge in [-0.05, 0) is 40.6 Å². The highest BCUT2D eigenvalue weighted by Gasteiger charge is 2.34. The van der Waals surface area contributed by atoms with Gasteiger partial charge in [0, 0.05) is 10.9 Å². The van der Waals surface area contributed by atoms with Crippen molar-refractivity contribution in [2.24, 2.45) is 5.41 Å². The highest BCUT2D eigenvalue weighted by atomic mass is 19.4. The molecule has 0 unspecified atom stereocenters. The molecule has 198 valence electrons. The van der Waals surface area contributed by atoms with Crippen molar-refractivity contribution in [1.82, 2.24) is 5.32 Å². The predicted molar refractivity (Wildman–Crippen MR) is 125 cm³/mol. The Hall–Kier alpha value is -3.89. The minimum absolute atomic E-state index is 0.0776. The Balaban J connectivity index is 1.99. The molecule has 0 fully saturated rings. The average Bonchev–Trinajstić information content (AvgIpc) is 2.79. The van der Waals surface area contributed by atoms with Crippen molar-refractivity contribution >= 4 is 22.6 Å². The summed E-state index contributed by atoms with van der Waals surface area (Å²) in [4.78, 5) is 24.9. The van der Waals surface area contributed by atoms with Crippen molar-refractivity contribution in [3.63, 3.8) is 0 Å². The van der Waals surface area contributed by atoms with Gasteiger partial charge in [0.25, 0.3) is 12.3 Å². The Morgan fingerprint density at radius 2 is 1.59 bits per heavy atom. The van der Waals surface area contributed by atoms with E-state index in [1.54, 1.807) is 20.8 Å². The van der Waals surface area contributed by atoms with E-state index in [4.69, 9.17) is 4.74 Å². The SMILES string of the molecule is CC(C)(C)[C@H](NC(=O)c1ccc2ccc(C(F)F)cc2c1OCc1ccc(OC(F)(F)F)cc1)C(=O)O. The van der Waals surface area contributed by atoms with E-state index in [0.717, 1.165) is 12.1 Å². The van der Waals surface area contributed by atoms with Gasteiger partial charge in [-0.3, -0.25) is 4.79 Å². The van der Waals surface area contributed by atoms with Crippen molar-refractivity contribution in [3.05, 3.63) is 71.3 Å². The fraction of sp³-hybridized carbons (Fsp3) is 0.308. The summed E-state index contributed by atoms with van der Waals surface area (Å²) in [5, 5.41) is 12.7. The third kappa shape index (κ3) is 7.08. The monoisotopic (exact) mass is 525 g/mol. The summed E-state index contributed by atoms with van der Waals surface area (Å²) < 4.78 is 73.7. The zero-order valence-electron chi connectivity index (χ0n) is 20.0. The van der Waals surface area contributed by atoms with Crippen LogP contribution >= 0.6 is 0 Å². The van der Waals surface area contributed by atoms with Crippen molar-refractivity contribution < 1.29 is 46.1 Å². The highest BCUT2D eigenvalue weighted by molar-refractivity contribution is 6.05. The van der Waals surface area contributed by atoms with Gasteiger partial charge in [0.15, 0.2) is 0 Å². The molecule has 0 heterocycles. The first-order valence-corrected chi connectivity index (χ1v) is 11.0. The van der Waals surface area contributed by atoms with Gasteiger partial charge >= 0.3 is 12.3 Å². The number of amides is 1. The second kappa shape index (κ2) is 10.6. The standard InChI is InChI=1S/C26H24F5NO5/c1-25(2,3)21(24(34)35)32-23(33)18-11-8-15-6-7-16(22(27)28)12-19(15)20(18)36-13-14-4-9-17(10-5-14)37-26(29,30)31/h4-12,21-22H,13H2,1-3H3,(H,32,33)(H,34,35)/t21-/m1/s1. The Kier molecular flexibility index (Phi) is 7.94. The molecule has 3 rings (SSSR count). The predicted octanol–water partition coefficient (Wildman–Crippen LogP) is 6.48. The van der Waals surface area contributed by atoms with Gasteiger partial charge < -0.3 is 19.9 Å². The third-order valence-corrected chi connectivity index (χ3v) is 5.42. The Morgan fingerprint density at radius 1 is 0.973 bits per heavy atom. The number of nitrogens with one attached hydrogen (secondary N) is 1. The van der Waals surface area contributed by atoms with Crippen LogP contribution in [0.25, 0.3) is 10.8 Å². The lowest BCUT2D eigenvalue weighted by molar-refractivity contribution is -0.274. The molecule has 6 nitrogen and oxygen atoms in total. The fourth-order valence-corrected chi connectivity index (χ4v) is 3.58. The maximum atomic E-state index is 13.4. The fourth-order valence-electron chi connectivity index (χ4n) is 3.58. The maximum absolute atomic E-state index is 13.4. The number of halogens is 5. The molecule has 0 aliphatic heterocycles. The van der Waals surface area contributed by atoms with Crippen LogP contribution in [0.4, 0.5) is 22.0 Å². The van der Waals surface area contributed by atoms with Crippen LogP contribution in [0.3, 0.4) is 0 Å². The minimum atomic E-state index is -4.85. The van der Waals surface area contributed by atoms with Crippen molar-refractivity contribution in [3.8, 4) is 11.5 Å². The molecule has 0 saturated carbocycles. The number of aliphatic carboxylic acids is 1. The summed E-state index contributed by atoms with van der Waals surface area (Å²) in [6.07, 6.45) is -7.65. The van der Waals surface area contributed by atoms with Gasteiger partial charge in [-0.15, -0.1) is 13.2 Å².